The standard InChI is InChI=1S/C14H31N3O/c1-5-16(6-2)11-8-12-17(7-3)14(18)13(4)9-10-15/h13H,5-12,15H2,1-4H3. The van der Waals surface area contributed by atoms with Crippen molar-refractivity contribution in [3.63, 3.8) is 0 Å². The summed E-state index contributed by atoms with van der Waals surface area (Å²) >= 11 is 0. The molecule has 1 atom stereocenters. The number of hydrogen-bond donors (Lipinski definition) is 1. The van der Waals surface area contributed by atoms with Gasteiger partial charge in [0.2, 0.25) is 5.91 Å². The first-order chi connectivity index (χ1) is 8.60. The quantitative estimate of drug-likeness (QED) is 0.646. The molecule has 0 heterocycles. The van der Waals surface area contributed by atoms with Crippen molar-refractivity contribution in [3.05, 3.63) is 0 Å². The van der Waals surface area contributed by atoms with Gasteiger partial charge in [0.15, 0.2) is 0 Å². The fourth-order valence-electron chi connectivity index (χ4n) is 2.13. The maximum Gasteiger partial charge on any atom is 0.225 e. The SMILES string of the molecule is CCN(CC)CCCN(CC)C(=O)C(C)CCN. The van der Waals surface area contributed by atoms with Gasteiger partial charge in [0, 0.05) is 19.0 Å². The second-order valence-corrected chi connectivity index (χ2v) is 4.78. The van der Waals surface area contributed by atoms with Crippen molar-refractivity contribution >= 4 is 5.91 Å². The van der Waals surface area contributed by atoms with Crippen molar-refractivity contribution in [2.45, 2.75) is 40.5 Å². The molecule has 0 fully saturated rings. The molecule has 1 unspecified atom stereocenters. The van der Waals surface area contributed by atoms with Crippen molar-refractivity contribution in [2.24, 2.45) is 11.7 Å². The van der Waals surface area contributed by atoms with Crippen LogP contribution in [0.3, 0.4) is 0 Å². The first kappa shape index (κ1) is 17.4. The van der Waals surface area contributed by atoms with Gasteiger partial charge in [-0.05, 0) is 45.9 Å². The minimum absolute atomic E-state index is 0.0587. The summed E-state index contributed by atoms with van der Waals surface area (Å²) in [6.45, 7) is 13.9. The Morgan fingerprint density at radius 3 is 2.17 bits per heavy atom. The zero-order chi connectivity index (χ0) is 14.0. The number of nitrogens with zero attached hydrogens (tertiary/aromatic N) is 2. The molecule has 108 valence electrons. The summed E-state index contributed by atoms with van der Waals surface area (Å²) in [5, 5.41) is 0. The fourth-order valence-corrected chi connectivity index (χ4v) is 2.13. The molecule has 0 saturated heterocycles. The Balaban J connectivity index is 4.06. The van der Waals surface area contributed by atoms with Crippen molar-refractivity contribution in [1.82, 2.24) is 9.80 Å². The predicted molar refractivity (Wildman–Crippen MR) is 77.5 cm³/mol. The monoisotopic (exact) mass is 257 g/mol. The Labute approximate surface area is 113 Å². The lowest BCUT2D eigenvalue weighted by molar-refractivity contribution is -0.135. The molecular weight excluding hydrogens is 226 g/mol. The summed E-state index contributed by atoms with van der Waals surface area (Å²) < 4.78 is 0. The van der Waals surface area contributed by atoms with E-state index in [-0.39, 0.29) is 11.8 Å². The van der Waals surface area contributed by atoms with Crippen LogP contribution in [0.4, 0.5) is 0 Å². The van der Waals surface area contributed by atoms with Crippen LogP contribution in [0, 0.1) is 5.92 Å². The van der Waals surface area contributed by atoms with Crippen LogP contribution in [0.5, 0.6) is 0 Å². The molecule has 0 bridgehead atoms. The Morgan fingerprint density at radius 1 is 1.11 bits per heavy atom. The Hall–Kier alpha value is -0.610. The molecule has 4 heteroatoms. The van der Waals surface area contributed by atoms with Gasteiger partial charge >= 0.3 is 0 Å². The number of hydrogen-bond acceptors (Lipinski definition) is 3. The van der Waals surface area contributed by atoms with Crippen LogP contribution in [0.1, 0.15) is 40.5 Å². The lowest BCUT2D eigenvalue weighted by Crippen LogP contribution is -2.38. The van der Waals surface area contributed by atoms with Gasteiger partial charge in [-0.1, -0.05) is 20.8 Å². The summed E-state index contributed by atoms with van der Waals surface area (Å²) in [4.78, 5) is 16.5. The smallest absolute Gasteiger partial charge is 0.225 e. The first-order valence-corrected chi connectivity index (χ1v) is 7.31. The summed E-state index contributed by atoms with van der Waals surface area (Å²) in [5.41, 5.74) is 5.51. The van der Waals surface area contributed by atoms with E-state index in [1.165, 1.54) is 0 Å². The molecule has 0 aliphatic carbocycles. The zero-order valence-electron chi connectivity index (χ0n) is 12.6. The van der Waals surface area contributed by atoms with E-state index in [2.05, 4.69) is 18.7 Å². The molecular formula is C14H31N3O. The van der Waals surface area contributed by atoms with Gasteiger partial charge in [-0.15, -0.1) is 0 Å². The summed E-state index contributed by atoms with van der Waals surface area (Å²) in [7, 11) is 0. The Kier molecular flexibility index (Phi) is 9.98. The van der Waals surface area contributed by atoms with Crippen LogP contribution in [0.25, 0.3) is 0 Å². The maximum atomic E-state index is 12.1. The highest BCUT2D eigenvalue weighted by atomic mass is 16.2. The van der Waals surface area contributed by atoms with Gasteiger partial charge < -0.3 is 15.5 Å². The molecule has 0 spiro atoms. The molecule has 0 saturated carbocycles. The number of nitrogens with two attached hydrogens (primary N) is 1. The molecule has 4 nitrogen and oxygen atoms in total. The predicted octanol–water partition coefficient (Wildman–Crippen LogP) is 1.55. The highest BCUT2D eigenvalue weighted by molar-refractivity contribution is 5.78. The van der Waals surface area contributed by atoms with Crippen molar-refractivity contribution in [3.8, 4) is 0 Å². The third kappa shape index (κ3) is 6.36. The molecule has 0 aromatic carbocycles. The molecule has 0 radical (unpaired) electrons. The van der Waals surface area contributed by atoms with E-state index >= 15 is 0 Å². The molecule has 18 heavy (non-hydrogen) atoms. The molecule has 0 aliphatic heterocycles. The lowest BCUT2D eigenvalue weighted by atomic mass is 10.1. The molecule has 1 amide bonds. The number of rotatable bonds is 10. The second kappa shape index (κ2) is 10.3. The van der Waals surface area contributed by atoms with Gasteiger partial charge in [0.1, 0.15) is 0 Å². The van der Waals surface area contributed by atoms with E-state index in [0.29, 0.717) is 6.54 Å². The highest BCUT2D eigenvalue weighted by Crippen LogP contribution is 2.07. The van der Waals surface area contributed by atoms with Crippen molar-refractivity contribution < 1.29 is 4.79 Å². The van der Waals surface area contributed by atoms with Crippen LogP contribution >= 0.6 is 0 Å². The first-order valence-electron chi connectivity index (χ1n) is 7.31. The third-order valence-corrected chi connectivity index (χ3v) is 3.51. The summed E-state index contributed by atoms with van der Waals surface area (Å²) in [6, 6.07) is 0. The van der Waals surface area contributed by atoms with Crippen LogP contribution in [0.15, 0.2) is 0 Å². The van der Waals surface area contributed by atoms with E-state index in [1.807, 2.05) is 18.7 Å². The average molecular weight is 257 g/mol. The van der Waals surface area contributed by atoms with E-state index < -0.39 is 0 Å². The third-order valence-electron chi connectivity index (χ3n) is 3.51. The van der Waals surface area contributed by atoms with Gasteiger partial charge in [-0.2, -0.15) is 0 Å². The molecule has 0 aromatic heterocycles. The minimum Gasteiger partial charge on any atom is -0.343 e. The van der Waals surface area contributed by atoms with E-state index in [9.17, 15) is 4.79 Å². The average Bonchev–Trinajstić information content (AvgIpc) is 2.39. The number of amides is 1. The molecule has 0 aromatic rings. The van der Waals surface area contributed by atoms with Crippen molar-refractivity contribution in [1.29, 1.82) is 0 Å². The summed E-state index contributed by atoms with van der Waals surface area (Å²) in [5.74, 6) is 0.311. The zero-order valence-corrected chi connectivity index (χ0v) is 12.6. The normalized spacial score (nSPS) is 12.8. The highest BCUT2D eigenvalue weighted by Gasteiger charge is 2.18. The largest absolute Gasteiger partial charge is 0.343 e. The number of carbonyl (C=O) groups is 1. The van der Waals surface area contributed by atoms with Crippen LogP contribution < -0.4 is 5.73 Å². The molecule has 2 N–H and O–H groups in total. The van der Waals surface area contributed by atoms with Gasteiger partial charge in [0.05, 0.1) is 0 Å². The summed E-state index contributed by atoms with van der Waals surface area (Å²) in [6.07, 6.45) is 1.84. The Morgan fingerprint density at radius 2 is 1.72 bits per heavy atom. The van der Waals surface area contributed by atoms with E-state index in [1.54, 1.807) is 0 Å². The van der Waals surface area contributed by atoms with Crippen molar-refractivity contribution in [2.75, 3.05) is 39.3 Å². The fraction of sp³-hybridized carbons (Fsp3) is 0.929. The van der Waals surface area contributed by atoms with Gasteiger partial charge in [-0.3, -0.25) is 4.79 Å². The van der Waals surface area contributed by atoms with Gasteiger partial charge in [0.25, 0.3) is 0 Å². The minimum atomic E-state index is 0.0587. The van der Waals surface area contributed by atoms with Crippen LogP contribution in [0.2, 0.25) is 0 Å². The van der Waals surface area contributed by atoms with Gasteiger partial charge in [-0.25, -0.2) is 0 Å². The maximum absolute atomic E-state index is 12.1. The van der Waals surface area contributed by atoms with Crippen LogP contribution in [-0.4, -0.2) is 55.0 Å². The molecule has 0 aliphatic rings. The van der Waals surface area contributed by atoms with E-state index in [4.69, 9.17) is 5.73 Å². The Bertz CT molecular complexity index is 217. The van der Waals surface area contributed by atoms with E-state index in [0.717, 1.165) is 45.6 Å². The topological polar surface area (TPSA) is 49.6 Å². The lowest BCUT2D eigenvalue weighted by Gasteiger charge is -2.26. The molecule has 0 rings (SSSR count). The number of carbonyl (C=O) groups excluding carboxylic acids is 1. The second-order valence-electron chi connectivity index (χ2n) is 4.78. The van der Waals surface area contributed by atoms with Crippen LogP contribution in [-0.2, 0) is 4.79 Å².